The predicted molar refractivity (Wildman–Crippen MR) is 153 cm³/mol. The van der Waals surface area contributed by atoms with Gasteiger partial charge in [0, 0.05) is 38.2 Å². The van der Waals surface area contributed by atoms with E-state index in [9.17, 15) is 14.9 Å². The number of amides is 1. The predicted octanol–water partition coefficient (Wildman–Crippen LogP) is 3.75. The Balaban J connectivity index is 1.54. The highest BCUT2D eigenvalue weighted by atomic mass is 16.5. The van der Waals surface area contributed by atoms with E-state index in [1.807, 2.05) is 36.4 Å². The van der Waals surface area contributed by atoms with Gasteiger partial charge in [-0.25, -0.2) is 10.5 Å². The molecule has 0 spiro atoms. The van der Waals surface area contributed by atoms with E-state index in [1.165, 1.54) is 0 Å². The fraction of sp³-hybridized carbons (Fsp3) is 0.400. The molecule has 4 N–H and O–H groups in total. The molecular weight excluding hydrogens is 508 g/mol. The van der Waals surface area contributed by atoms with Gasteiger partial charge in [-0.2, -0.15) is 5.26 Å². The van der Waals surface area contributed by atoms with Gasteiger partial charge in [0.15, 0.2) is 0 Å². The molecule has 0 aliphatic carbocycles. The first-order valence-corrected chi connectivity index (χ1v) is 13.7. The van der Waals surface area contributed by atoms with Crippen LogP contribution in [-0.4, -0.2) is 46.4 Å². The van der Waals surface area contributed by atoms with Crippen molar-refractivity contribution in [1.82, 2.24) is 15.0 Å². The summed E-state index contributed by atoms with van der Waals surface area (Å²) in [6.07, 6.45) is 5.35. The number of nitrogens with two attached hydrogens (primary N) is 1. The quantitative estimate of drug-likeness (QED) is 0.188. The van der Waals surface area contributed by atoms with Crippen LogP contribution in [0.1, 0.15) is 50.5 Å². The lowest BCUT2D eigenvalue weighted by Crippen LogP contribution is -2.42. The van der Waals surface area contributed by atoms with Crippen molar-refractivity contribution in [3.8, 4) is 34.2 Å². The maximum atomic E-state index is 13.8. The fourth-order valence-electron chi connectivity index (χ4n) is 4.85. The second-order valence-corrected chi connectivity index (χ2v) is 10.1. The molecule has 2 aromatic carbocycles. The molecule has 10 heteroatoms. The number of benzene rings is 2. The minimum Gasteiger partial charge on any atom is -0.494 e. The summed E-state index contributed by atoms with van der Waals surface area (Å²) in [6, 6.07) is 16.9. The Bertz CT molecular complexity index is 1390. The number of unbranched alkanes of at least 4 members (excludes halogenated alkanes) is 3. The zero-order valence-corrected chi connectivity index (χ0v) is 22.8. The first kappa shape index (κ1) is 28.8. The third kappa shape index (κ3) is 7.05. The van der Waals surface area contributed by atoms with E-state index in [1.54, 1.807) is 29.2 Å². The average molecular weight is 545 g/mol. The first-order chi connectivity index (χ1) is 19.4. The van der Waals surface area contributed by atoms with E-state index in [2.05, 4.69) is 11.0 Å². The Morgan fingerprint density at radius 3 is 2.38 bits per heavy atom. The SMILES string of the molecule is Cn1c(N2CCC(N)CC2)nc(-c2ccc(C#N)cc2)c(-c2ccc(OCCCCCCC(=O)NO)cc2)c1=O. The number of nitrogens with zero attached hydrogens (tertiary/aromatic N) is 4. The van der Waals surface area contributed by atoms with Crippen LogP contribution < -0.4 is 26.4 Å². The normalized spacial score (nSPS) is 13.6. The summed E-state index contributed by atoms with van der Waals surface area (Å²) < 4.78 is 7.49. The van der Waals surface area contributed by atoms with Crippen LogP contribution in [0.15, 0.2) is 53.3 Å². The molecule has 1 aromatic heterocycles. The van der Waals surface area contributed by atoms with E-state index < -0.39 is 0 Å². The number of nitriles is 1. The van der Waals surface area contributed by atoms with E-state index in [0.717, 1.165) is 62.7 Å². The van der Waals surface area contributed by atoms with E-state index >= 15 is 0 Å². The maximum absolute atomic E-state index is 13.8. The van der Waals surface area contributed by atoms with Crippen molar-refractivity contribution in [2.75, 3.05) is 24.6 Å². The molecule has 40 heavy (non-hydrogen) atoms. The smallest absolute Gasteiger partial charge is 0.263 e. The lowest BCUT2D eigenvalue weighted by atomic mass is 9.99. The molecule has 4 rings (SSSR count). The second-order valence-electron chi connectivity index (χ2n) is 10.1. The van der Waals surface area contributed by atoms with Crippen molar-refractivity contribution in [3.05, 3.63) is 64.4 Å². The van der Waals surface area contributed by atoms with Gasteiger partial charge in [0.2, 0.25) is 11.9 Å². The number of anilines is 1. The Morgan fingerprint density at radius 2 is 1.73 bits per heavy atom. The van der Waals surface area contributed by atoms with Gasteiger partial charge in [0.25, 0.3) is 5.56 Å². The number of hydrogen-bond acceptors (Lipinski definition) is 8. The van der Waals surface area contributed by atoms with Gasteiger partial charge in [0.05, 0.1) is 29.5 Å². The minimum absolute atomic E-state index is 0.150. The van der Waals surface area contributed by atoms with E-state index in [-0.39, 0.29) is 17.5 Å². The van der Waals surface area contributed by atoms with Gasteiger partial charge in [-0.15, -0.1) is 0 Å². The van der Waals surface area contributed by atoms with Crippen LogP contribution >= 0.6 is 0 Å². The molecule has 1 aliphatic heterocycles. The topological polar surface area (TPSA) is 146 Å². The van der Waals surface area contributed by atoms with Crippen molar-refractivity contribution >= 4 is 11.9 Å². The number of rotatable bonds is 11. The zero-order chi connectivity index (χ0) is 28.5. The van der Waals surface area contributed by atoms with Gasteiger partial charge in [-0.1, -0.05) is 37.1 Å². The number of aromatic nitrogens is 2. The van der Waals surface area contributed by atoms with Gasteiger partial charge < -0.3 is 15.4 Å². The Hall–Kier alpha value is -4.20. The monoisotopic (exact) mass is 544 g/mol. The average Bonchev–Trinajstić information content (AvgIpc) is 2.98. The highest BCUT2D eigenvalue weighted by Gasteiger charge is 2.24. The number of nitrogens with one attached hydrogen (secondary N) is 1. The summed E-state index contributed by atoms with van der Waals surface area (Å²) in [5.41, 5.74) is 10.7. The lowest BCUT2D eigenvalue weighted by molar-refractivity contribution is -0.129. The molecule has 0 bridgehead atoms. The summed E-state index contributed by atoms with van der Waals surface area (Å²) in [6.45, 7) is 2.01. The molecule has 3 aromatic rings. The van der Waals surface area contributed by atoms with Crippen LogP contribution in [0.3, 0.4) is 0 Å². The molecule has 210 valence electrons. The minimum atomic E-state index is -0.366. The van der Waals surface area contributed by atoms with E-state index in [4.69, 9.17) is 20.7 Å². The maximum Gasteiger partial charge on any atom is 0.263 e. The van der Waals surface area contributed by atoms with Gasteiger partial charge in [-0.05, 0) is 55.5 Å². The number of hydrogen-bond donors (Lipinski definition) is 3. The van der Waals surface area contributed by atoms with E-state index in [0.29, 0.717) is 41.5 Å². The Kier molecular flexibility index (Phi) is 9.89. The van der Waals surface area contributed by atoms with Crippen molar-refractivity contribution in [2.24, 2.45) is 12.8 Å². The lowest BCUT2D eigenvalue weighted by Gasteiger charge is -2.32. The summed E-state index contributed by atoms with van der Waals surface area (Å²) in [5, 5.41) is 17.8. The molecule has 1 aliphatic rings. The number of carbonyl (C=O) groups excluding carboxylic acids is 1. The van der Waals surface area contributed by atoms with Gasteiger partial charge in [-0.3, -0.25) is 19.4 Å². The van der Waals surface area contributed by atoms with Crippen molar-refractivity contribution in [3.63, 3.8) is 0 Å². The molecule has 1 saturated heterocycles. The fourth-order valence-corrected chi connectivity index (χ4v) is 4.85. The first-order valence-electron chi connectivity index (χ1n) is 13.7. The molecule has 0 radical (unpaired) electrons. The number of carbonyl (C=O) groups is 1. The molecular formula is C30H36N6O4. The third-order valence-electron chi connectivity index (χ3n) is 7.21. The summed E-state index contributed by atoms with van der Waals surface area (Å²) in [4.78, 5) is 32.0. The van der Waals surface area contributed by atoms with Gasteiger partial charge >= 0.3 is 0 Å². The molecule has 1 amide bonds. The highest BCUT2D eigenvalue weighted by Crippen LogP contribution is 2.31. The van der Waals surface area contributed by atoms with Gasteiger partial charge in [0.1, 0.15) is 5.75 Å². The van der Waals surface area contributed by atoms with Crippen LogP contribution in [0, 0.1) is 11.3 Å². The number of ether oxygens (including phenoxy) is 1. The second kappa shape index (κ2) is 13.7. The number of piperidine rings is 1. The Morgan fingerprint density at radius 1 is 1.07 bits per heavy atom. The van der Waals surface area contributed by atoms with Crippen LogP contribution in [0.2, 0.25) is 0 Å². The summed E-state index contributed by atoms with van der Waals surface area (Å²) >= 11 is 0. The summed E-state index contributed by atoms with van der Waals surface area (Å²) in [5.74, 6) is 0.945. The summed E-state index contributed by atoms with van der Waals surface area (Å²) in [7, 11) is 1.75. The molecule has 10 nitrogen and oxygen atoms in total. The third-order valence-corrected chi connectivity index (χ3v) is 7.21. The largest absolute Gasteiger partial charge is 0.494 e. The van der Waals surface area contributed by atoms with Crippen LogP contribution in [0.5, 0.6) is 5.75 Å². The standard InChI is InChI=1S/C30H36N6O4/c1-35-29(38)27(22-11-13-25(14-12-22)40-19-5-3-2-4-6-26(37)34-39)28(23-9-7-21(20-31)8-10-23)33-30(35)36-17-15-24(32)16-18-36/h7-14,24,39H,2-6,15-19,32H2,1H3,(H,34,37). The van der Waals surface area contributed by atoms with Crippen LogP contribution in [0.25, 0.3) is 22.4 Å². The van der Waals surface area contributed by atoms with Crippen molar-refractivity contribution < 1.29 is 14.7 Å². The number of hydroxylamine groups is 1. The molecule has 1 fully saturated rings. The van der Waals surface area contributed by atoms with Crippen molar-refractivity contribution in [1.29, 1.82) is 5.26 Å². The van der Waals surface area contributed by atoms with Crippen LogP contribution in [0.4, 0.5) is 5.95 Å². The van der Waals surface area contributed by atoms with Crippen molar-refractivity contribution in [2.45, 2.75) is 51.0 Å². The molecule has 0 atom stereocenters. The molecule has 0 unspecified atom stereocenters. The highest BCUT2D eigenvalue weighted by molar-refractivity contribution is 5.81. The molecule has 2 heterocycles. The molecule has 0 saturated carbocycles. The van der Waals surface area contributed by atoms with Crippen LogP contribution in [-0.2, 0) is 11.8 Å². The zero-order valence-electron chi connectivity index (χ0n) is 22.8. The Labute approximate surface area is 234 Å².